The molecule has 1 amide bonds. The number of hydrogen-bond acceptors (Lipinski definition) is 4. The van der Waals surface area contributed by atoms with Crippen LogP contribution in [0.25, 0.3) is 0 Å². The highest BCUT2D eigenvalue weighted by atomic mass is 32.1. The summed E-state index contributed by atoms with van der Waals surface area (Å²) in [6.07, 6.45) is 3.26. The Morgan fingerprint density at radius 1 is 1.20 bits per heavy atom. The number of aryl methyl sites for hydroxylation is 1. The maximum Gasteiger partial charge on any atom is 0.230 e. The highest BCUT2D eigenvalue weighted by Crippen LogP contribution is 2.37. The van der Waals surface area contributed by atoms with Gasteiger partial charge in [0.15, 0.2) is 11.5 Å². The molecule has 2 heterocycles. The van der Waals surface area contributed by atoms with E-state index in [2.05, 4.69) is 16.8 Å². The average Bonchev–Trinajstić information content (AvgIpc) is 3.11. The first-order valence-corrected chi connectivity index (χ1v) is 9.71. The summed E-state index contributed by atoms with van der Waals surface area (Å²) < 4.78 is 11.2. The van der Waals surface area contributed by atoms with Gasteiger partial charge >= 0.3 is 0 Å². The van der Waals surface area contributed by atoms with Gasteiger partial charge in [0.1, 0.15) is 13.2 Å². The molecule has 0 spiro atoms. The molecular formula is C20H23NO3S. The minimum absolute atomic E-state index is 0.0493. The summed E-state index contributed by atoms with van der Waals surface area (Å²) in [5.74, 6) is 1.53. The van der Waals surface area contributed by atoms with Crippen molar-refractivity contribution in [1.82, 2.24) is 5.32 Å². The Bertz CT molecular complexity index is 796. The van der Waals surface area contributed by atoms with Crippen LogP contribution >= 0.6 is 11.3 Å². The maximum atomic E-state index is 13.1. The van der Waals surface area contributed by atoms with Gasteiger partial charge in [0.25, 0.3) is 0 Å². The Morgan fingerprint density at radius 3 is 2.84 bits per heavy atom. The molecule has 4 nitrogen and oxygen atoms in total. The molecule has 5 heteroatoms. The van der Waals surface area contributed by atoms with Crippen molar-refractivity contribution >= 4 is 17.2 Å². The molecule has 4 rings (SSSR count). The summed E-state index contributed by atoms with van der Waals surface area (Å²) in [6.45, 7) is 5.04. The lowest BCUT2D eigenvalue weighted by Crippen LogP contribution is -2.42. The van der Waals surface area contributed by atoms with E-state index in [0.717, 1.165) is 36.3 Å². The van der Waals surface area contributed by atoms with E-state index in [1.807, 2.05) is 32.0 Å². The molecule has 0 saturated carbocycles. The van der Waals surface area contributed by atoms with Crippen molar-refractivity contribution in [1.29, 1.82) is 0 Å². The van der Waals surface area contributed by atoms with E-state index in [9.17, 15) is 4.79 Å². The predicted molar refractivity (Wildman–Crippen MR) is 98.6 cm³/mol. The van der Waals surface area contributed by atoms with Crippen LogP contribution in [0.15, 0.2) is 29.6 Å². The molecule has 0 radical (unpaired) electrons. The summed E-state index contributed by atoms with van der Waals surface area (Å²) in [5, 5.41) is 5.40. The Kier molecular flexibility index (Phi) is 4.20. The normalized spacial score (nSPS) is 19.2. The topological polar surface area (TPSA) is 47.6 Å². The van der Waals surface area contributed by atoms with E-state index < -0.39 is 5.41 Å². The van der Waals surface area contributed by atoms with E-state index in [0.29, 0.717) is 13.2 Å². The highest BCUT2D eigenvalue weighted by molar-refractivity contribution is 7.10. The SMILES string of the molecule is CC(C)(C(=O)NC1CCCc2sccc21)c1ccc2c(c1)OCCO2. The van der Waals surface area contributed by atoms with Gasteiger partial charge in [-0.25, -0.2) is 0 Å². The van der Waals surface area contributed by atoms with Crippen LogP contribution in [-0.4, -0.2) is 19.1 Å². The molecule has 1 aliphatic carbocycles. The smallest absolute Gasteiger partial charge is 0.230 e. The van der Waals surface area contributed by atoms with Crippen LogP contribution in [0, 0.1) is 0 Å². The Hall–Kier alpha value is -2.01. The van der Waals surface area contributed by atoms with E-state index in [-0.39, 0.29) is 11.9 Å². The van der Waals surface area contributed by atoms with Crippen molar-refractivity contribution in [3.05, 3.63) is 45.6 Å². The van der Waals surface area contributed by atoms with E-state index in [1.54, 1.807) is 11.3 Å². The minimum atomic E-state index is -0.635. The second-order valence-corrected chi connectivity index (χ2v) is 8.20. The third kappa shape index (κ3) is 3.01. The van der Waals surface area contributed by atoms with Crippen LogP contribution in [0.2, 0.25) is 0 Å². The monoisotopic (exact) mass is 357 g/mol. The van der Waals surface area contributed by atoms with Crippen molar-refractivity contribution in [2.75, 3.05) is 13.2 Å². The molecule has 0 saturated heterocycles. The second-order valence-electron chi connectivity index (χ2n) is 7.20. The predicted octanol–water partition coefficient (Wildman–Crippen LogP) is 3.99. The van der Waals surface area contributed by atoms with Crippen LogP contribution in [0.1, 0.15) is 48.7 Å². The quantitative estimate of drug-likeness (QED) is 0.903. The van der Waals surface area contributed by atoms with Gasteiger partial charge in [-0.15, -0.1) is 11.3 Å². The fraction of sp³-hybridized carbons (Fsp3) is 0.450. The number of carbonyl (C=O) groups is 1. The molecule has 1 aromatic heterocycles. The van der Waals surface area contributed by atoms with Crippen molar-refractivity contribution in [3.63, 3.8) is 0 Å². The molecule has 25 heavy (non-hydrogen) atoms. The van der Waals surface area contributed by atoms with Crippen LogP contribution in [0.4, 0.5) is 0 Å². The number of hydrogen-bond donors (Lipinski definition) is 1. The first kappa shape index (κ1) is 16.5. The second kappa shape index (κ2) is 6.37. The first-order valence-electron chi connectivity index (χ1n) is 8.83. The summed E-state index contributed by atoms with van der Waals surface area (Å²) >= 11 is 1.79. The number of rotatable bonds is 3. The number of carbonyl (C=O) groups excluding carboxylic acids is 1. The molecule has 0 fully saturated rings. The molecule has 1 unspecified atom stereocenters. The summed E-state index contributed by atoms with van der Waals surface area (Å²) in [6, 6.07) is 8.08. The summed E-state index contributed by atoms with van der Waals surface area (Å²) in [4.78, 5) is 14.5. The zero-order valence-corrected chi connectivity index (χ0v) is 15.4. The van der Waals surface area contributed by atoms with Crippen molar-refractivity contribution < 1.29 is 14.3 Å². The summed E-state index contributed by atoms with van der Waals surface area (Å²) in [7, 11) is 0. The average molecular weight is 357 g/mol. The van der Waals surface area contributed by atoms with Crippen LogP contribution in [-0.2, 0) is 16.6 Å². The van der Waals surface area contributed by atoms with Crippen LogP contribution < -0.4 is 14.8 Å². The van der Waals surface area contributed by atoms with E-state index >= 15 is 0 Å². The highest BCUT2D eigenvalue weighted by Gasteiger charge is 2.34. The molecule has 1 atom stereocenters. The zero-order chi connectivity index (χ0) is 17.4. The van der Waals surface area contributed by atoms with Gasteiger partial charge in [-0.05, 0) is 67.8 Å². The number of benzene rings is 1. The van der Waals surface area contributed by atoms with Gasteiger partial charge in [0, 0.05) is 4.88 Å². The van der Waals surface area contributed by atoms with Gasteiger partial charge in [0.2, 0.25) is 5.91 Å². The Labute approximate surface area is 152 Å². The van der Waals surface area contributed by atoms with Crippen molar-refractivity contribution in [2.45, 2.75) is 44.6 Å². The molecular weight excluding hydrogens is 334 g/mol. The summed E-state index contributed by atoms with van der Waals surface area (Å²) in [5.41, 5.74) is 1.60. The van der Waals surface area contributed by atoms with E-state index in [1.165, 1.54) is 10.4 Å². The molecule has 2 aliphatic rings. The Morgan fingerprint density at radius 2 is 2.00 bits per heavy atom. The number of nitrogens with one attached hydrogen (secondary N) is 1. The minimum Gasteiger partial charge on any atom is -0.486 e. The van der Waals surface area contributed by atoms with Crippen molar-refractivity contribution in [3.8, 4) is 11.5 Å². The van der Waals surface area contributed by atoms with E-state index in [4.69, 9.17) is 9.47 Å². The van der Waals surface area contributed by atoms with Gasteiger partial charge in [0.05, 0.1) is 11.5 Å². The van der Waals surface area contributed by atoms with Gasteiger partial charge < -0.3 is 14.8 Å². The molecule has 0 bridgehead atoms. The fourth-order valence-electron chi connectivity index (χ4n) is 3.54. The molecule has 1 aliphatic heterocycles. The third-order valence-electron chi connectivity index (χ3n) is 5.19. The molecule has 132 valence electrons. The molecule has 1 N–H and O–H groups in total. The largest absolute Gasteiger partial charge is 0.486 e. The van der Waals surface area contributed by atoms with Crippen LogP contribution in [0.5, 0.6) is 11.5 Å². The van der Waals surface area contributed by atoms with Gasteiger partial charge in [-0.1, -0.05) is 6.07 Å². The third-order valence-corrected chi connectivity index (χ3v) is 6.19. The standard InChI is InChI=1S/C20H23NO3S/c1-20(2,13-6-7-16-17(12-13)24-10-9-23-16)19(22)21-15-4-3-5-18-14(15)8-11-25-18/h6-8,11-12,15H,3-5,9-10H2,1-2H3,(H,21,22). The Balaban J connectivity index is 1.55. The van der Waals surface area contributed by atoms with Gasteiger partial charge in [-0.3, -0.25) is 4.79 Å². The lowest BCUT2D eigenvalue weighted by atomic mass is 9.82. The lowest BCUT2D eigenvalue weighted by molar-refractivity contribution is -0.126. The number of fused-ring (bicyclic) bond motifs is 2. The lowest BCUT2D eigenvalue weighted by Gasteiger charge is -2.30. The van der Waals surface area contributed by atoms with Crippen LogP contribution in [0.3, 0.4) is 0 Å². The number of thiophene rings is 1. The van der Waals surface area contributed by atoms with Crippen molar-refractivity contribution in [2.24, 2.45) is 0 Å². The number of ether oxygens (including phenoxy) is 2. The first-order chi connectivity index (χ1) is 12.1. The van der Waals surface area contributed by atoms with Gasteiger partial charge in [-0.2, -0.15) is 0 Å². The molecule has 1 aromatic carbocycles. The molecule has 2 aromatic rings. The zero-order valence-electron chi connectivity index (χ0n) is 14.6. The maximum absolute atomic E-state index is 13.1. The number of amides is 1. The fourth-order valence-corrected chi connectivity index (χ4v) is 4.53.